The van der Waals surface area contributed by atoms with Crippen LogP contribution in [0.4, 0.5) is 5.69 Å². The number of carbonyl (C=O) groups is 2. The Kier molecular flexibility index (Phi) is 5.87. The number of benzene rings is 1. The highest BCUT2D eigenvalue weighted by Gasteiger charge is 2.13. The van der Waals surface area contributed by atoms with Crippen LogP contribution in [0, 0.1) is 6.92 Å². The Bertz CT molecular complexity index is 732. The van der Waals surface area contributed by atoms with Gasteiger partial charge in [0, 0.05) is 16.7 Å². The SMILES string of the molecule is CCCNC(=O)c1cccc(C(=O)Nc2ccc(Br)cc2C)n1. The fourth-order valence-electron chi connectivity index (χ4n) is 1.97. The van der Waals surface area contributed by atoms with Gasteiger partial charge in [0.05, 0.1) is 0 Å². The minimum Gasteiger partial charge on any atom is -0.351 e. The molecule has 23 heavy (non-hydrogen) atoms. The normalized spacial score (nSPS) is 10.2. The molecule has 0 atom stereocenters. The predicted octanol–water partition coefficient (Wildman–Crippen LogP) is 3.54. The van der Waals surface area contributed by atoms with E-state index in [1.54, 1.807) is 18.2 Å². The van der Waals surface area contributed by atoms with Gasteiger partial charge in [-0.1, -0.05) is 28.9 Å². The molecule has 2 rings (SSSR count). The molecule has 0 unspecified atom stereocenters. The number of amides is 2. The minimum atomic E-state index is -0.347. The van der Waals surface area contributed by atoms with Crippen molar-refractivity contribution in [2.24, 2.45) is 0 Å². The summed E-state index contributed by atoms with van der Waals surface area (Å²) < 4.78 is 0.945. The Hall–Kier alpha value is -2.21. The lowest BCUT2D eigenvalue weighted by molar-refractivity contribution is 0.0948. The standard InChI is InChI=1S/C17H18BrN3O2/c1-3-9-19-16(22)14-5-4-6-15(20-14)17(23)21-13-8-7-12(18)10-11(13)2/h4-8,10H,3,9H2,1-2H3,(H,19,22)(H,21,23). The molecule has 1 aromatic carbocycles. The first kappa shape index (κ1) is 17.1. The van der Waals surface area contributed by atoms with Crippen LogP contribution in [0.25, 0.3) is 0 Å². The van der Waals surface area contributed by atoms with Gasteiger partial charge in [0.2, 0.25) is 0 Å². The number of carbonyl (C=O) groups excluding carboxylic acids is 2. The van der Waals surface area contributed by atoms with Gasteiger partial charge >= 0.3 is 0 Å². The van der Waals surface area contributed by atoms with Crippen molar-refractivity contribution in [3.63, 3.8) is 0 Å². The van der Waals surface area contributed by atoms with E-state index < -0.39 is 0 Å². The molecular formula is C17H18BrN3O2. The van der Waals surface area contributed by atoms with Gasteiger partial charge in [0.15, 0.2) is 0 Å². The molecule has 120 valence electrons. The van der Waals surface area contributed by atoms with E-state index in [-0.39, 0.29) is 23.2 Å². The molecule has 5 nitrogen and oxygen atoms in total. The molecule has 0 saturated heterocycles. The highest BCUT2D eigenvalue weighted by molar-refractivity contribution is 9.10. The summed E-state index contributed by atoms with van der Waals surface area (Å²) in [6.07, 6.45) is 0.842. The first-order chi connectivity index (χ1) is 11.0. The van der Waals surface area contributed by atoms with Gasteiger partial charge in [-0.05, 0) is 49.2 Å². The number of pyridine rings is 1. The van der Waals surface area contributed by atoms with E-state index in [4.69, 9.17) is 0 Å². The second-order valence-electron chi connectivity index (χ2n) is 5.08. The zero-order valence-electron chi connectivity index (χ0n) is 13.0. The van der Waals surface area contributed by atoms with E-state index in [9.17, 15) is 9.59 Å². The molecule has 0 spiro atoms. The van der Waals surface area contributed by atoms with Gasteiger partial charge in [-0.3, -0.25) is 9.59 Å². The van der Waals surface area contributed by atoms with Crippen molar-refractivity contribution < 1.29 is 9.59 Å². The Morgan fingerprint density at radius 2 is 1.83 bits per heavy atom. The summed E-state index contributed by atoms with van der Waals surface area (Å²) in [6, 6.07) is 10.4. The van der Waals surface area contributed by atoms with Crippen molar-refractivity contribution in [2.75, 3.05) is 11.9 Å². The zero-order valence-corrected chi connectivity index (χ0v) is 14.6. The number of nitrogens with one attached hydrogen (secondary N) is 2. The maximum atomic E-state index is 12.3. The summed E-state index contributed by atoms with van der Waals surface area (Å²) in [4.78, 5) is 28.4. The number of rotatable bonds is 5. The second-order valence-corrected chi connectivity index (χ2v) is 5.99. The van der Waals surface area contributed by atoms with Gasteiger partial charge < -0.3 is 10.6 Å². The van der Waals surface area contributed by atoms with Crippen molar-refractivity contribution in [1.82, 2.24) is 10.3 Å². The van der Waals surface area contributed by atoms with Crippen LogP contribution in [0.3, 0.4) is 0 Å². The maximum absolute atomic E-state index is 12.3. The minimum absolute atomic E-state index is 0.205. The van der Waals surface area contributed by atoms with E-state index in [1.807, 2.05) is 32.0 Å². The van der Waals surface area contributed by atoms with Gasteiger partial charge in [0.25, 0.3) is 11.8 Å². The molecule has 1 heterocycles. The molecule has 0 aliphatic rings. The second kappa shape index (κ2) is 7.87. The van der Waals surface area contributed by atoms with E-state index in [2.05, 4.69) is 31.5 Å². The predicted molar refractivity (Wildman–Crippen MR) is 93.7 cm³/mol. The topological polar surface area (TPSA) is 71.1 Å². The number of aryl methyl sites for hydroxylation is 1. The average Bonchev–Trinajstić information content (AvgIpc) is 2.55. The lowest BCUT2D eigenvalue weighted by Crippen LogP contribution is -2.26. The Morgan fingerprint density at radius 1 is 1.13 bits per heavy atom. The van der Waals surface area contributed by atoms with Crippen LogP contribution >= 0.6 is 15.9 Å². The molecule has 0 saturated carbocycles. The molecular weight excluding hydrogens is 358 g/mol. The molecule has 0 radical (unpaired) electrons. The monoisotopic (exact) mass is 375 g/mol. The largest absolute Gasteiger partial charge is 0.351 e. The van der Waals surface area contributed by atoms with Gasteiger partial charge in [-0.2, -0.15) is 0 Å². The Morgan fingerprint density at radius 3 is 2.48 bits per heavy atom. The Balaban J connectivity index is 2.15. The van der Waals surface area contributed by atoms with Gasteiger partial charge in [-0.15, -0.1) is 0 Å². The smallest absolute Gasteiger partial charge is 0.274 e. The van der Waals surface area contributed by atoms with Crippen LogP contribution in [0.2, 0.25) is 0 Å². The van der Waals surface area contributed by atoms with Crippen molar-refractivity contribution in [3.05, 3.63) is 57.8 Å². The quantitative estimate of drug-likeness (QED) is 0.839. The summed E-state index contributed by atoms with van der Waals surface area (Å²) >= 11 is 3.38. The highest BCUT2D eigenvalue weighted by atomic mass is 79.9. The zero-order chi connectivity index (χ0) is 16.8. The molecule has 6 heteroatoms. The fourth-order valence-corrected chi connectivity index (χ4v) is 2.45. The average molecular weight is 376 g/mol. The van der Waals surface area contributed by atoms with Crippen molar-refractivity contribution in [3.8, 4) is 0 Å². The van der Waals surface area contributed by atoms with E-state index in [0.29, 0.717) is 12.2 Å². The number of halogens is 1. The summed E-state index contributed by atoms with van der Waals surface area (Å²) in [6.45, 7) is 4.45. The first-order valence-corrected chi connectivity index (χ1v) is 8.13. The van der Waals surface area contributed by atoms with Crippen LogP contribution in [0.5, 0.6) is 0 Å². The lowest BCUT2D eigenvalue weighted by Gasteiger charge is -2.09. The summed E-state index contributed by atoms with van der Waals surface area (Å²) in [5, 5.41) is 5.55. The maximum Gasteiger partial charge on any atom is 0.274 e. The molecule has 2 aromatic rings. The summed E-state index contributed by atoms with van der Waals surface area (Å²) in [7, 11) is 0. The third-order valence-corrected chi connectivity index (χ3v) is 3.68. The van der Waals surface area contributed by atoms with E-state index >= 15 is 0 Å². The number of hydrogen-bond acceptors (Lipinski definition) is 3. The first-order valence-electron chi connectivity index (χ1n) is 7.34. The number of anilines is 1. The highest BCUT2D eigenvalue weighted by Crippen LogP contribution is 2.20. The lowest BCUT2D eigenvalue weighted by atomic mass is 10.2. The van der Waals surface area contributed by atoms with Crippen LogP contribution < -0.4 is 10.6 Å². The van der Waals surface area contributed by atoms with Crippen LogP contribution in [-0.4, -0.2) is 23.3 Å². The summed E-state index contributed by atoms with van der Waals surface area (Å²) in [5.74, 6) is -0.623. The molecule has 2 N–H and O–H groups in total. The van der Waals surface area contributed by atoms with E-state index in [0.717, 1.165) is 16.5 Å². The number of nitrogens with zero attached hydrogens (tertiary/aromatic N) is 1. The van der Waals surface area contributed by atoms with Crippen molar-refractivity contribution >= 4 is 33.4 Å². The van der Waals surface area contributed by atoms with E-state index in [1.165, 1.54) is 0 Å². The molecule has 0 bridgehead atoms. The fraction of sp³-hybridized carbons (Fsp3) is 0.235. The van der Waals surface area contributed by atoms with Gasteiger partial charge in [-0.25, -0.2) is 4.98 Å². The molecule has 2 amide bonds. The van der Waals surface area contributed by atoms with Gasteiger partial charge in [0.1, 0.15) is 11.4 Å². The number of hydrogen-bond donors (Lipinski definition) is 2. The number of aromatic nitrogens is 1. The van der Waals surface area contributed by atoms with Crippen molar-refractivity contribution in [1.29, 1.82) is 0 Å². The van der Waals surface area contributed by atoms with Crippen LogP contribution in [0.1, 0.15) is 39.9 Å². The summed E-state index contributed by atoms with van der Waals surface area (Å²) in [5.41, 5.74) is 2.08. The molecule has 1 aromatic heterocycles. The Labute approximate surface area is 143 Å². The third kappa shape index (κ3) is 4.63. The molecule has 0 aliphatic carbocycles. The van der Waals surface area contributed by atoms with Crippen LogP contribution in [0.15, 0.2) is 40.9 Å². The van der Waals surface area contributed by atoms with Crippen molar-refractivity contribution in [2.45, 2.75) is 20.3 Å². The third-order valence-electron chi connectivity index (χ3n) is 3.19. The molecule has 0 fully saturated rings. The van der Waals surface area contributed by atoms with Crippen LogP contribution in [-0.2, 0) is 0 Å². The molecule has 0 aliphatic heterocycles.